The van der Waals surface area contributed by atoms with Gasteiger partial charge in [0.15, 0.2) is 5.43 Å². The third-order valence-corrected chi connectivity index (χ3v) is 5.34. The van der Waals surface area contributed by atoms with Crippen LogP contribution in [-0.4, -0.2) is 0 Å². The molecule has 0 aliphatic rings. The molecule has 0 amide bonds. The van der Waals surface area contributed by atoms with E-state index in [1.54, 1.807) is 6.26 Å². The number of fused-ring (bicyclic) bond motifs is 1. The van der Waals surface area contributed by atoms with E-state index in [9.17, 15) is 4.79 Å². The Morgan fingerprint density at radius 1 is 0.731 bits per heavy atom. The average Bonchev–Trinajstić information content (AvgIpc) is 2.65. The predicted molar refractivity (Wildman–Crippen MR) is 112 cm³/mol. The normalized spacial score (nSPS) is 11.3. The maximum Gasteiger partial charge on any atom is 0.195 e. The Balaban J connectivity index is 2.36. The highest BCUT2D eigenvalue weighted by molar-refractivity contribution is 5.81. The van der Waals surface area contributed by atoms with Gasteiger partial charge in [-0.05, 0) is 55.7 Å². The molecule has 0 aliphatic heterocycles. The summed E-state index contributed by atoms with van der Waals surface area (Å²) in [5.74, 6) is 0. The van der Waals surface area contributed by atoms with Gasteiger partial charge in [-0.2, -0.15) is 0 Å². The van der Waals surface area contributed by atoms with Crippen LogP contribution in [0.2, 0.25) is 0 Å². The van der Waals surface area contributed by atoms with E-state index in [4.69, 9.17) is 4.42 Å². The lowest BCUT2D eigenvalue weighted by Gasteiger charge is -2.13. The molecule has 144 valence electrons. The van der Waals surface area contributed by atoms with Crippen molar-refractivity contribution in [1.82, 2.24) is 0 Å². The molecule has 0 N–H and O–H groups in total. The van der Waals surface area contributed by atoms with Crippen molar-refractivity contribution in [3.63, 3.8) is 0 Å². The maximum absolute atomic E-state index is 12.9. The summed E-state index contributed by atoms with van der Waals surface area (Å²) < 4.78 is 6.06. The summed E-state index contributed by atoms with van der Waals surface area (Å²) in [7, 11) is 0. The van der Waals surface area contributed by atoms with Gasteiger partial charge in [-0.3, -0.25) is 4.79 Å². The van der Waals surface area contributed by atoms with Crippen LogP contribution in [0.3, 0.4) is 0 Å². The summed E-state index contributed by atoms with van der Waals surface area (Å²) in [5.41, 5.74) is 4.52. The van der Waals surface area contributed by atoms with E-state index in [-0.39, 0.29) is 5.43 Å². The standard InChI is InChI=1S/C24H36O2/c1-4-7-10-13-19-16-17-22-23(25)20(14-11-8-5-2)18-26-24(22)21(19)15-12-9-6-3/h16-18H,4-15H2,1-3H3. The van der Waals surface area contributed by atoms with Crippen LogP contribution in [0.25, 0.3) is 11.0 Å². The van der Waals surface area contributed by atoms with Crippen molar-refractivity contribution in [2.45, 2.75) is 97.8 Å². The van der Waals surface area contributed by atoms with Crippen LogP contribution in [0, 0.1) is 0 Å². The molecule has 2 aromatic rings. The molecular formula is C24H36O2. The monoisotopic (exact) mass is 356 g/mol. The first kappa shape index (κ1) is 20.7. The maximum atomic E-state index is 12.9. The Kier molecular flexibility index (Phi) is 8.94. The van der Waals surface area contributed by atoms with E-state index in [1.165, 1.54) is 56.1 Å². The van der Waals surface area contributed by atoms with Crippen molar-refractivity contribution in [2.75, 3.05) is 0 Å². The van der Waals surface area contributed by atoms with Gasteiger partial charge in [-0.25, -0.2) is 0 Å². The molecule has 26 heavy (non-hydrogen) atoms. The lowest BCUT2D eigenvalue weighted by molar-refractivity contribution is 0.578. The second-order valence-corrected chi connectivity index (χ2v) is 7.54. The topological polar surface area (TPSA) is 30.2 Å². The number of hydrogen-bond donors (Lipinski definition) is 0. The Hall–Kier alpha value is -1.57. The third-order valence-electron chi connectivity index (χ3n) is 5.34. The van der Waals surface area contributed by atoms with Crippen molar-refractivity contribution in [2.24, 2.45) is 0 Å². The summed E-state index contributed by atoms with van der Waals surface area (Å²) >= 11 is 0. The molecule has 2 heteroatoms. The molecule has 1 aromatic carbocycles. The van der Waals surface area contributed by atoms with Crippen LogP contribution in [0.5, 0.6) is 0 Å². The third kappa shape index (κ3) is 5.46. The Morgan fingerprint density at radius 2 is 1.31 bits per heavy atom. The highest BCUT2D eigenvalue weighted by Crippen LogP contribution is 2.25. The van der Waals surface area contributed by atoms with Gasteiger partial charge in [0.2, 0.25) is 0 Å². The fourth-order valence-corrected chi connectivity index (χ4v) is 3.70. The largest absolute Gasteiger partial charge is 0.463 e. The lowest BCUT2D eigenvalue weighted by Crippen LogP contribution is -2.10. The molecule has 1 heterocycles. The molecule has 0 saturated heterocycles. The van der Waals surface area contributed by atoms with Crippen LogP contribution in [0.1, 0.15) is 95.2 Å². The molecule has 2 rings (SSSR count). The van der Waals surface area contributed by atoms with Gasteiger partial charge >= 0.3 is 0 Å². The quantitative estimate of drug-likeness (QED) is 0.384. The molecule has 0 saturated carbocycles. The van der Waals surface area contributed by atoms with Crippen LogP contribution in [0.4, 0.5) is 0 Å². The van der Waals surface area contributed by atoms with Gasteiger partial charge in [0.25, 0.3) is 0 Å². The van der Waals surface area contributed by atoms with Crippen LogP contribution in [0.15, 0.2) is 27.6 Å². The molecule has 0 bridgehead atoms. The van der Waals surface area contributed by atoms with E-state index in [0.29, 0.717) is 0 Å². The van der Waals surface area contributed by atoms with Crippen molar-refractivity contribution in [3.8, 4) is 0 Å². The predicted octanol–water partition coefficient (Wildman–Crippen LogP) is 6.99. The molecule has 0 radical (unpaired) electrons. The Bertz CT molecular complexity index is 727. The van der Waals surface area contributed by atoms with Crippen molar-refractivity contribution < 1.29 is 4.42 Å². The molecule has 2 nitrogen and oxygen atoms in total. The Labute approximate surface area is 159 Å². The number of benzene rings is 1. The number of unbranched alkanes of at least 4 members (excludes halogenated alkanes) is 6. The summed E-state index contributed by atoms with van der Waals surface area (Å²) in [4.78, 5) is 12.9. The molecular weight excluding hydrogens is 320 g/mol. The second kappa shape index (κ2) is 11.2. The van der Waals surface area contributed by atoms with E-state index < -0.39 is 0 Å². The lowest BCUT2D eigenvalue weighted by atomic mass is 9.94. The molecule has 0 atom stereocenters. The average molecular weight is 357 g/mol. The summed E-state index contributed by atoms with van der Waals surface area (Å²) in [6.07, 6.45) is 15.4. The minimum atomic E-state index is 0.180. The fourth-order valence-electron chi connectivity index (χ4n) is 3.70. The van der Waals surface area contributed by atoms with Crippen LogP contribution in [-0.2, 0) is 19.3 Å². The van der Waals surface area contributed by atoms with Crippen molar-refractivity contribution in [1.29, 1.82) is 0 Å². The van der Waals surface area contributed by atoms with Crippen LogP contribution < -0.4 is 5.43 Å². The molecule has 0 fully saturated rings. The van der Waals surface area contributed by atoms with Gasteiger partial charge in [-0.1, -0.05) is 65.4 Å². The van der Waals surface area contributed by atoms with Gasteiger partial charge in [0.1, 0.15) is 5.58 Å². The van der Waals surface area contributed by atoms with E-state index in [0.717, 1.165) is 48.6 Å². The summed E-state index contributed by atoms with van der Waals surface area (Å²) in [6.45, 7) is 6.65. The first-order valence-electron chi connectivity index (χ1n) is 10.8. The highest BCUT2D eigenvalue weighted by Gasteiger charge is 2.14. The number of hydrogen-bond acceptors (Lipinski definition) is 2. The molecule has 1 aromatic heterocycles. The van der Waals surface area contributed by atoms with Crippen molar-refractivity contribution in [3.05, 3.63) is 45.3 Å². The second-order valence-electron chi connectivity index (χ2n) is 7.54. The molecule has 0 unspecified atom stereocenters. The van der Waals surface area contributed by atoms with E-state index in [2.05, 4.69) is 26.8 Å². The minimum absolute atomic E-state index is 0.180. The first-order valence-corrected chi connectivity index (χ1v) is 10.8. The van der Waals surface area contributed by atoms with Gasteiger partial charge in [0.05, 0.1) is 11.6 Å². The van der Waals surface area contributed by atoms with Gasteiger partial charge in [0, 0.05) is 5.56 Å². The number of rotatable bonds is 12. The SMILES string of the molecule is CCCCCc1ccc2c(=O)c(CCCCC)coc2c1CCCCC. The zero-order valence-corrected chi connectivity index (χ0v) is 17.0. The van der Waals surface area contributed by atoms with E-state index >= 15 is 0 Å². The fraction of sp³-hybridized carbons (Fsp3) is 0.625. The number of aryl methyl sites for hydroxylation is 3. The van der Waals surface area contributed by atoms with Crippen molar-refractivity contribution >= 4 is 11.0 Å². The van der Waals surface area contributed by atoms with Crippen LogP contribution >= 0.6 is 0 Å². The highest BCUT2D eigenvalue weighted by atomic mass is 16.3. The first-order chi connectivity index (χ1) is 12.7. The molecule has 0 spiro atoms. The Morgan fingerprint density at radius 3 is 1.92 bits per heavy atom. The molecule has 0 aliphatic carbocycles. The summed E-state index contributed by atoms with van der Waals surface area (Å²) in [5, 5.41) is 0.782. The van der Waals surface area contributed by atoms with Gasteiger partial charge in [-0.15, -0.1) is 0 Å². The zero-order valence-electron chi connectivity index (χ0n) is 17.0. The summed E-state index contributed by atoms with van der Waals surface area (Å²) in [6, 6.07) is 4.20. The zero-order chi connectivity index (χ0) is 18.8. The minimum Gasteiger partial charge on any atom is -0.463 e. The van der Waals surface area contributed by atoms with Gasteiger partial charge < -0.3 is 4.42 Å². The van der Waals surface area contributed by atoms with E-state index in [1.807, 2.05) is 6.07 Å². The smallest absolute Gasteiger partial charge is 0.195 e.